The molecule has 1 heterocycles. The maximum atomic E-state index is 5.37. The van der Waals surface area contributed by atoms with Crippen LogP contribution in [-0.2, 0) is 0 Å². The van der Waals surface area contributed by atoms with Crippen molar-refractivity contribution in [1.82, 2.24) is 4.98 Å². The zero-order chi connectivity index (χ0) is 11.2. The minimum atomic E-state index is 0.600. The van der Waals surface area contributed by atoms with Crippen LogP contribution < -0.4 is 5.73 Å². The van der Waals surface area contributed by atoms with Crippen LogP contribution >= 0.6 is 11.3 Å². The van der Waals surface area contributed by atoms with Gasteiger partial charge in [-0.2, -0.15) is 0 Å². The van der Waals surface area contributed by atoms with Crippen molar-refractivity contribution in [2.24, 2.45) is 5.73 Å². The standard InChI is InChI=1S/C13H12N2S/c14-9-5-4-8-12-10-16-13(15-12)11-6-2-1-3-7-11/h1-3,6-7,10H,5,9,14H2. The normalized spacial score (nSPS) is 9.56. The highest BCUT2D eigenvalue weighted by Crippen LogP contribution is 2.22. The summed E-state index contributed by atoms with van der Waals surface area (Å²) in [6.07, 6.45) is 0.720. The van der Waals surface area contributed by atoms with E-state index in [0.29, 0.717) is 6.54 Å². The van der Waals surface area contributed by atoms with Crippen molar-refractivity contribution < 1.29 is 0 Å². The van der Waals surface area contributed by atoms with Crippen molar-refractivity contribution in [1.29, 1.82) is 0 Å². The van der Waals surface area contributed by atoms with Gasteiger partial charge >= 0.3 is 0 Å². The van der Waals surface area contributed by atoms with Gasteiger partial charge in [0.25, 0.3) is 0 Å². The Morgan fingerprint density at radius 1 is 1.25 bits per heavy atom. The quantitative estimate of drug-likeness (QED) is 0.802. The van der Waals surface area contributed by atoms with Crippen LogP contribution in [0, 0.1) is 11.8 Å². The second kappa shape index (κ2) is 5.45. The lowest BCUT2D eigenvalue weighted by molar-refractivity contribution is 1.03. The molecule has 0 spiro atoms. The lowest BCUT2D eigenvalue weighted by atomic mass is 10.2. The Bertz CT molecular complexity index is 505. The van der Waals surface area contributed by atoms with Gasteiger partial charge in [0.15, 0.2) is 0 Å². The van der Waals surface area contributed by atoms with Gasteiger partial charge < -0.3 is 5.73 Å². The van der Waals surface area contributed by atoms with Crippen LogP contribution in [0.3, 0.4) is 0 Å². The highest BCUT2D eigenvalue weighted by atomic mass is 32.1. The number of benzene rings is 1. The van der Waals surface area contributed by atoms with Crippen LogP contribution in [0.2, 0.25) is 0 Å². The average molecular weight is 228 g/mol. The lowest BCUT2D eigenvalue weighted by Crippen LogP contribution is -1.95. The highest BCUT2D eigenvalue weighted by Gasteiger charge is 2.01. The second-order valence-corrected chi connectivity index (χ2v) is 4.10. The van der Waals surface area contributed by atoms with Gasteiger partial charge in [0, 0.05) is 23.9 Å². The van der Waals surface area contributed by atoms with Gasteiger partial charge in [0.1, 0.15) is 10.7 Å². The summed E-state index contributed by atoms with van der Waals surface area (Å²) >= 11 is 1.62. The maximum absolute atomic E-state index is 5.37. The van der Waals surface area contributed by atoms with Crippen LogP contribution in [0.25, 0.3) is 10.6 Å². The van der Waals surface area contributed by atoms with Crippen molar-refractivity contribution in [3.05, 3.63) is 41.4 Å². The van der Waals surface area contributed by atoms with E-state index >= 15 is 0 Å². The van der Waals surface area contributed by atoms with Crippen LogP contribution in [0.4, 0.5) is 0 Å². The molecule has 0 aliphatic heterocycles. The third-order valence-electron chi connectivity index (χ3n) is 2.01. The maximum Gasteiger partial charge on any atom is 0.124 e. The average Bonchev–Trinajstić information content (AvgIpc) is 2.79. The van der Waals surface area contributed by atoms with Gasteiger partial charge in [-0.05, 0) is 5.92 Å². The summed E-state index contributed by atoms with van der Waals surface area (Å²) in [4.78, 5) is 4.46. The van der Waals surface area contributed by atoms with Gasteiger partial charge in [0.2, 0.25) is 0 Å². The Labute approximate surface area is 99.1 Å². The number of hydrogen-bond donors (Lipinski definition) is 1. The molecular formula is C13H12N2S. The van der Waals surface area contributed by atoms with E-state index in [9.17, 15) is 0 Å². The molecule has 0 atom stereocenters. The zero-order valence-corrected chi connectivity index (χ0v) is 9.63. The molecule has 2 rings (SSSR count). The zero-order valence-electron chi connectivity index (χ0n) is 8.81. The van der Waals surface area contributed by atoms with E-state index in [1.54, 1.807) is 11.3 Å². The van der Waals surface area contributed by atoms with E-state index in [1.807, 2.05) is 23.6 Å². The smallest absolute Gasteiger partial charge is 0.124 e. The van der Waals surface area contributed by atoms with E-state index < -0.39 is 0 Å². The molecule has 0 fully saturated rings. The van der Waals surface area contributed by atoms with E-state index in [1.165, 1.54) is 0 Å². The molecule has 0 saturated heterocycles. The molecule has 3 heteroatoms. The SMILES string of the molecule is NCCC#Cc1csc(-c2ccccc2)n1. The van der Waals surface area contributed by atoms with E-state index in [0.717, 1.165) is 22.7 Å². The van der Waals surface area contributed by atoms with Crippen LogP contribution in [-0.4, -0.2) is 11.5 Å². The second-order valence-electron chi connectivity index (χ2n) is 3.24. The Morgan fingerprint density at radius 3 is 2.81 bits per heavy atom. The minimum absolute atomic E-state index is 0.600. The highest BCUT2D eigenvalue weighted by molar-refractivity contribution is 7.13. The van der Waals surface area contributed by atoms with Crippen molar-refractivity contribution >= 4 is 11.3 Å². The Balaban J connectivity index is 2.18. The van der Waals surface area contributed by atoms with Gasteiger partial charge in [0.05, 0.1) is 0 Å². The van der Waals surface area contributed by atoms with E-state index in [2.05, 4.69) is 29.0 Å². The van der Waals surface area contributed by atoms with Crippen molar-refractivity contribution in [3.8, 4) is 22.4 Å². The monoisotopic (exact) mass is 228 g/mol. The Morgan fingerprint density at radius 2 is 2.06 bits per heavy atom. The van der Waals surface area contributed by atoms with E-state index in [-0.39, 0.29) is 0 Å². The number of hydrogen-bond acceptors (Lipinski definition) is 3. The first-order valence-electron chi connectivity index (χ1n) is 5.10. The summed E-state index contributed by atoms with van der Waals surface area (Å²) in [5, 5.41) is 2.99. The molecule has 0 aliphatic carbocycles. The topological polar surface area (TPSA) is 38.9 Å². The number of aromatic nitrogens is 1. The molecular weight excluding hydrogens is 216 g/mol. The van der Waals surface area contributed by atoms with Crippen LogP contribution in [0.5, 0.6) is 0 Å². The molecule has 1 aromatic heterocycles. The molecule has 16 heavy (non-hydrogen) atoms. The lowest BCUT2D eigenvalue weighted by Gasteiger charge is -1.92. The number of nitrogens with two attached hydrogens (primary N) is 1. The molecule has 0 aliphatic rings. The molecule has 0 amide bonds. The fraction of sp³-hybridized carbons (Fsp3) is 0.154. The number of nitrogens with zero attached hydrogens (tertiary/aromatic N) is 1. The first kappa shape index (κ1) is 10.9. The first-order chi connectivity index (χ1) is 7.90. The predicted molar refractivity (Wildman–Crippen MR) is 68.1 cm³/mol. The summed E-state index contributed by atoms with van der Waals surface area (Å²) in [6.45, 7) is 0.600. The largest absolute Gasteiger partial charge is 0.330 e. The van der Waals surface area contributed by atoms with Gasteiger partial charge in [-0.25, -0.2) is 4.98 Å². The van der Waals surface area contributed by atoms with Crippen LogP contribution in [0.1, 0.15) is 12.1 Å². The van der Waals surface area contributed by atoms with E-state index in [4.69, 9.17) is 5.73 Å². The molecule has 0 bridgehead atoms. The molecule has 0 radical (unpaired) electrons. The summed E-state index contributed by atoms with van der Waals surface area (Å²) < 4.78 is 0. The summed E-state index contributed by atoms with van der Waals surface area (Å²) in [7, 11) is 0. The van der Waals surface area contributed by atoms with Gasteiger partial charge in [-0.3, -0.25) is 0 Å². The fourth-order valence-electron chi connectivity index (χ4n) is 1.27. The summed E-state index contributed by atoms with van der Waals surface area (Å²) in [5.41, 5.74) is 7.34. The number of rotatable bonds is 2. The molecule has 2 aromatic rings. The molecule has 2 nitrogen and oxygen atoms in total. The molecule has 0 unspecified atom stereocenters. The summed E-state index contributed by atoms with van der Waals surface area (Å²) in [6, 6.07) is 10.1. The minimum Gasteiger partial charge on any atom is -0.330 e. The molecule has 2 N–H and O–H groups in total. The molecule has 80 valence electrons. The predicted octanol–water partition coefficient (Wildman–Crippen LogP) is 2.51. The fourth-order valence-corrected chi connectivity index (χ4v) is 2.03. The third kappa shape index (κ3) is 2.69. The van der Waals surface area contributed by atoms with Crippen molar-refractivity contribution in [2.75, 3.05) is 6.54 Å². The van der Waals surface area contributed by atoms with Crippen molar-refractivity contribution in [2.45, 2.75) is 6.42 Å². The van der Waals surface area contributed by atoms with Gasteiger partial charge in [-0.15, -0.1) is 11.3 Å². The van der Waals surface area contributed by atoms with Crippen molar-refractivity contribution in [3.63, 3.8) is 0 Å². The molecule has 0 saturated carbocycles. The molecule has 1 aromatic carbocycles. The van der Waals surface area contributed by atoms with Crippen LogP contribution in [0.15, 0.2) is 35.7 Å². The third-order valence-corrected chi connectivity index (χ3v) is 2.90. The Hall–Kier alpha value is -1.63. The van der Waals surface area contributed by atoms with Gasteiger partial charge in [-0.1, -0.05) is 36.3 Å². The Kier molecular flexibility index (Phi) is 3.71. The number of thiazole rings is 1. The first-order valence-corrected chi connectivity index (χ1v) is 5.98. The summed E-state index contributed by atoms with van der Waals surface area (Å²) in [5.74, 6) is 5.99.